The van der Waals surface area contributed by atoms with E-state index in [1.807, 2.05) is 18.4 Å². The molecule has 2 N–H and O–H groups in total. The van der Waals surface area contributed by atoms with E-state index in [0.29, 0.717) is 35.6 Å². The third kappa shape index (κ3) is 3.57. The fourth-order valence-corrected chi connectivity index (χ4v) is 3.43. The Hall–Kier alpha value is -1.42. The molecule has 2 rings (SSSR count). The van der Waals surface area contributed by atoms with Crippen LogP contribution in [0, 0.1) is 16.0 Å². The maximum absolute atomic E-state index is 9.60. The normalized spacial score (nSPS) is 16.2. The third-order valence-corrected chi connectivity index (χ3v) is 5.04. The summed E-state index contributed by atoms with van der Waals surface area (Å²) in [7, 11) is 0. The van der Waals surface area contributed by atoms with Crippen molar-refractivity contribution in [3.05, 3.63) is 21.3 Å². The van der Waals surface area contributed by atoms with Crippen LogP contribution in [0.5, 0.6) is 0 Å². The minimum absolute atomic E-state index is 0.291. The summed E-state index contributed by atoms with van der Waals surface area (Å²) in [5.41, 5.74) is 8.47. The fraction of sp³-hybridized carbons (Fsp3) is 0.647. The van der Waals surface area contributed by atoms with E-state index in [1.54, 1.807) is 0 Å². The number of nitrogens with two attached hydrogens (primary N) is 1. The van der Waals surface area contributed by atoms with Gasteiger partial charge >= 0.3 is 0 Å². The highest BCUT2D eigenvalue weighted by Crippen LogP contribution is 2.33. The first-order valence-electron chi connectivity index (χ1n) is 8.15. The standard InChI is InChI=1S/C17H26N4OS/c1-5-20(6-2)7-8-21-15(19)13(10-18)12-9-17(3,4)22-11-14(12)16(21)23/h5-9,11,19H2,1-4H3. The van der Waals surface area contributed by atoms with Gasteiger partial charge in [0.25, 0.3) is 0 Å². The number of aromatic nitrogens is 1. The Morgan fingerprint density at radius 3 is 2.57 bits per heavy atom. The summed E-state index contributed by atoms with van der Waals surface area (Å²) in [4.78, 5) is 2.31. The molecule has 0 spiro atoms. The number of fused-ring (bicyclic) bond motifs is 1. The number of nitrogens with zero attached hydrogens (tertiary/aromatic N) is 3. The van der Waals surface area contributed by atoms with Gasteiger partial charge in [0.15, 0.2) is 0 Å². The zero-order valence-electron chi connectivity index (χ0n) is 14.5. The molecule has 5 nitrogen and oxygen atoms in total. The van der Waals surface area contributed by atoms with Gasteiger partial charge in [-0.3, -0.25) is 0 Å². The Morgan fingerprint density at radius 2 is 2.00 bits per heavy atom. The summed E-state index contributed by atoms with van der Waals surface area (Å²) in [6.07, 6.45) is 0.663. The maximum atomic E-state index is 9.60. The summed E-state index contributed by atoms with van der Waals surface area (Å²) < 4.78 is 8.50. The van der Waals surface area contributed by atoms with Gasteiger partial charge in [-0.15, -0.1) is 0 Å². The van der Waals surface area contributed by atoms with Gasteiger partial charge in [0.2, 0.25) is 0 Å². The first kappa shape index (κ1) is 17.9. The first-order valence-corrected chi connectivity index (χ1v) is 8.55. The van der Waals surface area contributed by atoms with Gasteiger partial charge in [0.1, 0.15) is 16.5 Å². The molecule has 0 saturated heterocycles. The second kappa shape index (κ2) is 7.00. The predicted molar refractivity (Wildman–Crippen MR) is 94.8 cm³/mol. The van der Waals surface area contributed by atoms with E-state index in [9.17, 15) is 5.26 Å². The van der Waals surface area contributed by atoms with Crippen molar-refractivity contribution in [1.29, 1.82) is 5.26 Å². The van der Waals surface area contributed by atoms with Crippen LogP contribution in [0.4, 0.5) is 5.82 Å². The van der Waals surface area contributed by atoms with Crippen molar-refractivity contribution in [2.24, 2.45) is 0 Å². The molecule has 0 unspecified atom stereocenters. The predicted octanol–water partition coefficient (Wildman–Crippen LogP) is 2.86. The first-order chi connectivity index (χ1) is 10.8. The monoisotopic (exact) mass is 334 g/mol. The molecule has 1 aromatic rings. The molecule has 1 aromatic heterocycles. The van der Waals surface area contributed by atoms with Gasteiger partial charge in [-0.05, 0) is 32.5 Å². The lowest BCUT2D eigenvalue weighted by molar-refractivity contribution is -0.0406. The van der Waals surface area contributed by atoms with Crippen molar-refractivity contribution in [3.63, 3.8) is 0 Å². The third-order valence-electron chi connectivity index (χ3n) is 4.57. The number of nitrogen functional groups attached to an aromatic ring is 1. The van der Waals surface area contributed by atoms with E-state index in [2.05, 4.69) is 24.8 Å². The van der Waals surface area contributed by atoms with Crippen molar-refractivity contribution in [2.75, 3.05) is 25.4 Å². The van der Waals surface area contributed by atoms with E-state index in [4.69, 9.17) is 22.7 Å². The lowest BCUT2D eigenvalue weighted by Gasteiger charge is -2.33. The number of anilines is 1. The minimum Gasteiger partial charge on any atom is -0.384 e. The highest BCUT2D eigenvalue weighted by atomic mass is 32.1. The number of hydrogen-bond donors (Lipinski definition) is 1. The molecule has 0 amide bonds. The molecule has 0 bridgehead atoms. The van der Waals surface area contributed by atoms with Crippen LogP contribution in [0.15, 0.2) is 0 Å². The molecule has 1 aliphatic rings. The zero-order valence-corrected chi connectivity index (χ0v) is 15.3. The zero-order chi connectivity index (χ0) is 17.2. The second-order valence-corrected chi connectivity index (χ2v) is 6.92. The summed E-state index contributed by atoms with van der Waals surface area (Å²) in [5.74, 6) is 0.487. The molecule has 0 saturated carbocycles. The van der Waals surface area contributed by atoms with E-state index < -0.39 is 0 Å². The van der Waals surface area contributed by atoms with Crippen LogP contribution < -0.4 is 5.73 Å². The van der Waals surface area contributed by atoms with E-state index in [-0.39, 0.29) is 5.60 Å². The lowest BCUT2D eigenvalue weighted by atomic mass is 9.89. The summed E-state index contributed by atoms with van der Waals surface area (Å²) in [6, 6.07) is 2.28. The van der Waals surface area contributed by atoms with Gasteiger partial charge in [0, 0.05) is 25.1 Å². The number of hydrogen-bond acceptors (Lipinski definition) is 5. The van der Waals surface area contributed by atoms with Crippen LogP contribution in [0.25, 0.3) is 0 Å². The minimum atomic E-state index is -0.291. The molecule has 0 radical (unpaired) electrons. The summed E-state index contributed by atoms with van der Waals surface area (Å²) in [5, 5.41) is 9.60. The quantitative estimate of drug-likeness (QED) is 0.839. The molecule has 2 heterocycles. The van der Waals surface area contributed by atoms with Crippen molar-refractivity contribution >= 4 is 18.0 Å². The van der Waals surface area contributed by atoms with E-state index in [0.717, 1.165) is 30.8 Å². The Morgan fingerprint density at radius 1 is 1.35 bits per heavy atom. The fourth-order valence-electron chi connectivity index (χ4n) is 3.06. The van der Waals surface area contributed by atoms with Crippen LogP contribution in [0.3, 0.4) is 0 Å². The number of nitriles is 1. The Balaban J connectivity index is 2.47. The molecule has 0 aliphatic carbocycles. The molecule has 0 fully saturated rings. The van der Waals surface area contributed by atoms with Crippen molar-refractivity contribution < 1.29 is 4.74 Å². The molecule has 126 valence electrons. The SMILES string of the molecule is CCN(CC)CCn1c(N)c(C#N)c2c(c1=S)COC(C)(C)C2. The maximum Gasteiger partial charge on any atom is 0.122 e. The van der Waals surface area contributed by atoms with Gasteiger partial charge in [-0.1, -0.05) is 26.1 Å². The Bertz CT molecular complexity index is 683. The van der Waals surface area contributed by atoms with Crippen LogP contribution in [0.1, 0.15) is 44.4 Å². The van der Waals surface area contributed by atoms with Crippen LogP contribution in [0.2, 0.25) is 0 Å². The highest BCUT2D eigenvalue weighted by molar-refractivity contribution is 7.71. The van der Waals surface area contributed by atoms with Crippen LogP contribution in [-0.4, -0.2) is 34.7 Å². The van der Waals surface area contributed by atoms with Crippen molar-refractivity contribution in [1.82, 2.24) is 9.47 Å². The van der Waals surface area contributed by atoms with Gasteiger partial charge in [0.05, 0.1) is 17.8 Å². The highest BCUT2D eigenvalue weighted by Gasteiger charge is 2.31. The molecule has 1 aliphatic heterocycles. The summed E-state index contributed by atoms with van der Waals surface area (Å²) in [6.45, 7) is 12.3. The Kier molecular flexibility index (Phi) is 5.45. The average molecular weight is 334 g/mol. The van der Waals surface area contributed by atoms with Gasteiger partial charge < -0.3 is 19.9 Å². The summed E-state index contributed by atoms with van der Waals surface area (Å²) >= 11 is 5.65. The van der Waals surface area contributed by atoms with Crippen LogP contribution >= 0.6 is 12.2 Å². The van der Waals surface area contributed by atoms with Gasteiger partial charge in [-0.2, -0.15) is 5.26 Å². The van der Waals surface area contributed by atoms with Crippen LogP contribution in [-0.2, 0) is 24.3 Å². The van der Waals surface area contributed by atoms with Crippen molar-refractivity contribution in [3.8, 4) is 6.07 Å². The molecule has 0 aromatic carbocycles. The average Bonchev–Trinajstić information content (AvgIpc) is 2.50. The topological polar surface area (TPSA) is 67.2 Å². The number of rotatable bonds is 5. The van der Waals surface area contributed by atoms with E-state index >= 15 is 0 Å². The largest absolute Gasteiger partial charge is 0.384 e. The van der Waals surface area contributed by atoms with Crippen molar-refractivity contribution in [2.45, 2.75) is 52.9 Å². The second-order valence-electron chi connectivity index (χ2n) is 6.54. The smallest absolute Gasteiger partial charge is 0.122 e. The molecule has 0 atom stereocenters. The molecule has 23 heavy (non-hydrogen) atoms. The van der Waals surface area contributed by atoms with E-state index in [1.165, 1.54) is 0 Å². The molecular formula is C17H26N4OS. The molecule has 6 heteroatoms. The Labute approximate surface area is 143 Å². The number of ether oxygens (including phenoxy) is 1. The molecular weight excluding hydrogens is 308 g/mol. The number of likely N-dealkylation sites (N-methyl/N-ethyl adjacent to an activating group) is 1. The van der Waals surface area contributed by atoms with Gasteiger partial charge in [-0.25, -0.2) is 0 Å². The lowest BCUT2D eigenvalue weighted by Crippen LogP contribution is -2.34. The number of pyridine rings is 1.